The fourth-order valence-corrected chi connectivity index (χ4v) is 4.21. The molecule has 0 heterocycles. The molecule has 23 heavy (non-hydrogen) atoms. The van der Waals surface area contributed by atoms with Crippen molar-refractivity contribution in [2.45, 2.75) is 87.0 Å². The molecule has 0 saturated carbocycles. The topological polar surface area (TPSA) is 51.1 Å². The fourth-order valence-electron chi connectivity index (χ4n) is 1.94. The normalized spacial score (nSPS) is 14.7. The minimum atomic E-state index is -3.33. The van der Waals surface area contributed by atoms with Gasteiger partial charge >= 0.3 is 7.75 Å². The van der Waals surface area contributed by atoms with Crippen molar-refractivity contribution in [3.05, 3.63) is 0 Å². The van der Waals surface area contributed by atoms with Crippen LogP contribution in [-0.4, -0.2) is 41.7 Å². The summed E-state index contributed by atoms with van der Waals surface area (Å²) in [4.78, 5) is 4.60. The number of hydrogen-bond donors (Lipinski definition) is 0. The molecule has 0 rings (SSSR count). The van der Waals surface area contributed by atoms with Crippen molar-refractivity contribution >= 4 is 14.0 Å². The van der Waals surface area contributed by atoms with E-state index in [1.54, 1.807) is 0 Å². The van der Waals surface area contributed by atoms with Gasteiger partial charge in [-0.1, -0.05) is 20.8 Å². The fraction of sp³-hybridized carbons (Fsp3) is 0.941. The Balaban J connectivity index is 5.35. The first kappa shape index (κ1) is 22.8. The smallest absolute Gasteiger partial charge is 0.294 e. The third-order valence-corrected chi connectivity index (χ3v) is 5.28. The minimum Gasteiger partial charge on any atom is -0.294 e. The summed E-state index contributed by atoms with van der Waals surface area (Å²) in [5.41, 5.74) is -0.361. The van der Waals surface area contributed by atoms with E-state index in [-0.39, 0.29) is 23.2 Å². The van der Waals surface area contributed by atoms with Crippen molar-refractivity contribution in [1.29, 1.82) is 0 Å². The van der Waals surface area contributed by atoms with E-state index in [2.05, 4.69) is 39.6 Å². The number of rotatable bonds is 9. The molecule has 5 nitrogen and oxygen atoms in total. The molecule has 0 fully saturated rings. The quantitative estimate of drug-likeness (QED) is 0.426. The SMILES string of the molecule is CCN(CC(C)(C)C=NC(C)(C)C)P(=O)(OC(C)C)OC(C)C. The summed E-state index contributed by atoms with van der Waals surface area (Å²) < 4.78 is 26.5. The van der Waals surface area contributed by atoms with Gasteiger partial charge in [0.2, 0.25) is 0 Å². The maximum absolute atomic E-state index is 13.3. The predicted octanol–water partition coefficient (Wildman–Crippen LogP) is 5.16. The lowest BCUT2D eigenvalue weighted by Crippen LogP contribution is -2.36. The van der Waals surface area contributed by atoms with E-state index < -0.39 is 7.75 Å². The van der Waals surface area contributed by atoms with Crippen molar-refractivity contribution in [1.82, 2.24) is 4.67 Å². The van der Waals surface area contributed by atoms with Crippen LogP contribution in [-0.2, 0) is 13.6 Å². The van der Waals surface area contributed by atoms with Crippen molar-refractivity contribution in [2.24, 2.45) is 10.4 Å². The largest absolute Gasteiger partial charge is 0.408 e. The van der Waals surface area contributed by atoms with Crippen LogP contribution in [0.4, 0.5) is 0 Å². The minimum absolute atomic E-state index is 0.124. The van der Waals surface area contributed by atoms with Gasteiger partial charge in [0, 0.05) is 24.7 Å². The first-order valence-corrected chi connectivity index (χ1v) is 9.99. The first-order chi connectivity index (χ1) is 10.2. The molecular weight excluding hydrogens is 311 g/mol. The van der Waals surface area contributed by atoms with E-state index in [1.807, 2.05) is 45.5 Å². The van der Waals surface area contributed by atoms with E-state index in [4.69, 9.17) is 9.05 Å². The molecular formula is C17H37N2O3P. The summed E-state index contributed by atoms with van der Waals surface area (Å²) >= 11 is 0. The lowest BCUT2D eigenvalue weighted by Gasteiger charge is -2.35. The van der Waals surface area contributed by atoms with Crippen LogP contribution in [0, 0.1) is 5.41 Å². The molecule has 6 heteroatoms. The molecule has 0 saturated heterocycles. The van der Waals surface area contributed by atoms with E-state index >= 15 is 0 Å². The van der Waals surface area contributed by atoms with Crippen molar-refractivity contribution in [3.8, 4) is 0 Å². The van der Waals surface area contributed by atoms with Crippen LogP contribution in [0.5, 0.6) is 0 Å². The van der Waals surface area contributed by atoms with Gasteiger partial charge in [-0.3, -0.25) is 14.0 Å². The van der Waals surface area contributed by atoms with E-state index in [1.165, 1.54) is 0 Å². The van der Waals surface area contributed by atoms with E-state index in [0.717, 1.165) is 0 Å². The Morgan fingerprint density at radius 1 is 1.04 bits per heavy atom. The lowest BCUT2D eigenvalue weighted by molar-refractivity contribution is 0.101. The van der Waals surface area contributed by atoms with Crippen LogP contribution in [0.2, 0.25) is 0 Å². The highest BCUT2D eigenvalue weighted by molar-refractivity contribution is 7.51. The monoisotopic (exact) mass is 348 g/mol. The highest BCUT2D eigenvalue weighted by atomic mass is 31.2. The van der Waals surface area contributed by atoms with Gasteiger partial charge in [-0.15, -0.1) is 0 Å². The second kappa shape index (κ2) is 8.75. The summed E-state index contributed by atoms with van der Waals surface area (Å²) in [5, 5.41) is 0. The maximum atomic E-state index is 13.3. The Morgan fingerprint density at radius 2 is 1.48 bits per heavy atom. The van der Waals surface area contributed by atoms with Crippen LogP contribution >= 0.6 is 7.75 Å². The van der Waals surface area contributed by atoms with E-state index in [0.29, 0.717) is 13.1 Å². The molecule has 0 radical (unpaired) electrons. The molecule has 0 bridgehead atoms. The zero-order valence-electron chi connectivity index (χ0n) is 16.7. The summed E-state index contributed by atoms with van der Waals surface area (Å²) in [5.74, 6) is 0. The average molecular weight is 348 g/mol. The van der Waals surface area contributed by atoms with Crippen LogP contribution in [0.25, 0.3) is 0 Å². The zero-order valence-corrected chi connectivity index (χ0v) is 17.6. The first-order valence-electron chi connectivity index (χ1n) is 8.49. The average Bonchev–Trinajstić information content (AvgIpc) is 2.30. The Bertz CT molecular complexity index is 412. The number of aliphatic imine (C=N–C) groups is 1. The summed E-state index contributed by atoms with van der Waals surface area (Å²) in [6.45, 7) is 20.9. The molecule has 0 aromatic carbocycles. The van der Waals surface area contributed by atoms with Gasteiger partial charge in [0.05, 0.1) is 17.7 Å². The standard InChI is InChI=1S/C17H37N2O3P/c1-11-19(13-17(9,10)12-18-16(6,7)8)23(20,21-14(2)3)22-15(4)5/h12,14-15H,11,13H2,1-10H3. The molecule has 0 aliphatic rings. The second-order valence-corrected chi connectivity index (χ2v) is 10.1. The van der Waals surface area contributed by atoms with Gasteiger partial charge in [-0.25, -0.2) is 9.24 Å². The second-order valence-electron chi connectivity index (χ2n) is 8.18. The van der Waals surface area contributed by atoms with Crippen LogP contribution < -0.4 is 0 Å². The maximum Gasteiger partial charge on any atom is 0.408 e. The Hall–Kier alpha value is -0.220. The number of nitrogens with zero attached hydrogens (tertiary/aromatic N) is 2. The summed E-state index contributed by atoms with van der Waals surface area (Å²) in [6.07, 6.45) is 1.62. The molecule has 0 atom stereocenters. The van der Waals surface area contributed by atoms with Gasteiger partial charge in [-0.05, 0) is 48.5 Å². The molecule has 138 valence electrons. The third-order valence-electron chi connectivity index (χ3n) is 2.79. The van der Waals surface area contributed by atoms with Crippen molar-refractivity contribution in [3.63, 3.8) is 0 Å². The summed E-state index contributed by atoms with van der Waals surface area (Å²) in [6, 6.07) is 0. The lowest BCUT2D eigenvalue weighted by atomic mass is 9.94. The molecule has 0 aliphatic carbocycles. The highest BCUT2D eigenvalue weighted by Gasteiger charge is 2.37. The Morgan fingerprint density at radius 3 is 1.78 bits per heavy atom. The number of hydrogen-bond acceptors (Lipinski definition) is 4. The van der Waals surface area contributed by atoms with Crippen molar-refractivity contribution in [2.75, 3.05) is 13.1 Å². The van der Waals surface area contributed by atoms with E-state index in [9.17, 15) is 4.57 Å². The Kier molecular flexibility index (Phi) is 8.67. The summed E-state index contributed by atoms with van der Waals surface area (Å²) in [7, 11) is -3.33. The third kappa shape index (κ3) is 9.61. The van der Waals surface area contributed by atoms with Crippen LogP contribution in [0.3, 0.4) is 0 Å². The molecule has 0 amide bonds. The van der Waals surface area contributed by atoms with Gasteiger partial charge in [0.25, 0.3) is 0 Å². The molecule has 0 aromatic rings. The zero-order chi connectivity index (χ0) is 18.5. The van der Waals surface area contributed by atoms with Gasteiger partial charge in [0.1, 0.15) is 0 Å². The van der Waals surface area contributed by atoms with Gasteiger partial charge in [0.15, 0.2) is 0 Å². The van der Waals surface area contributed by atoms with Gasteiger partial charge in [-0.2, -0.15) is 0 Å². The molecule has 0 unspecified atom stereocenters. The molecule has 0 aliphatic heterocycles. The molecule has 0 N–H and O–H groups in total. The van der Waals surface area contributed by atoms with Crippen LogP contribution in [0.1, 0.15) is 69.2 Å². The predicted molar refractivity (Wildman–Crippen MR) is 99.3 cm³/mol. The Labute approximate surface area is 143 Å². The molecule has 0 aromatic heterocycles. The highest BCUT2D eigenvalue weighted by Crippen LogP contribution is 2.54. The van der Waals surface area contributed by atoms with Gasteiger partial charge < -0.3 is 0 Å². The molecule has 0 spiro atoms. The van der Waals surface area contributed by atoms with Crippen molar-refractivity contribution < 1.29 is 13.6 Å². The van der Waals surface area contributed by atoms with Crippen LogP contribution in [0.15, 0.2) is 4.99 Å².